The highest BCUT2D eigenvalue weighted by Crippen LogP contribution is 2.41. The largest absolute Gasteiger partial charge is 0.380 e. The quantitative estimate of drug-likeness (QED) is 0.731. The van der Waals surface area contributed by atoms with E-state index in [-0.39, 0.29) is 11.5 Å². The maximum Gasteiger partial charge on any atom is 0.281 e. The molecule has 3 rings (SSSR count). The van der Waals surface area contributed by atoms with Crippen LogP contribution in [0, 0.1) is 11.3 Å². The van der Waals surface area contributed by atoms with Crippen LogP contribution < -0.4 is 0 Å². The molecule has 0 aromatic heterocycles. The van der Waals surface area contributed by atoms with Crippen LogP contribution >= 0.6 is 0 Å². The summed E-state index contributed by atoms with van der Waals surface area (Å²) >= 11 is 0. The number of hydrogen-bond donors (Lipinski definition) is 0. The Bertz CT molecular complexity index is 506. The minimum absolute atomic E-state index is 0.131. The lowest BCUT2D eigenvalue weighted by Gasteiger charge is -2.50. The maximum absolute atomic E-state index is 12.5. The summed E-state index contributed by atoms with van der Waals surface area (Å²) in [5.74, 6) is 0.708. The fourth-order valence-corrected chi connectivity index (χ4v) is 5.19. The molecule has 1 saturated carbocycles. The van der Waals surface area contributed by atoms with Gasteiger partial charge in [-0.15, -0.1) is 0 Å². The highest BCUT2D eigenvalue weighted by Gasteiger charge is 2.49. The molecule has 6 nitrogen and oxygen atoms in total. The Morgan fingerprint density at radius 3 is 2.70 bits per heavy atom. The van der Waals surface area contributed by atoms with Crippen molar-refractivity contribution in [2.75, 3.05) is 47.0 Å². The van der Waals surface area contributed by atoms with E-state index in [2.05, 4.69) is 0 Å². The number of rotatable bonds is 6. The van der Waals surface area contributed by atoms with Crippen LogP contribution in [0.15, 0.2) is 0 Å². The molecule has 7 heteroatoms. The van der Waals surface area contributed by atoms with E-state index < -0.39 is 10.2 Å². The van der Waals surface area contributed by atoms with E-state index in [9.17, 15) is 8.42 Å². The van der Waals surface area contributed by atoms with Gasteiger partial charge in [0, 0.05) is 45.8 Å². The Hall–Kier alpha value is -0.210. The lowest BCUT2D eigenvalue weighted by Crippen LogP contribution is -2.59. The average molecular weight is 346 g/mol. The van der Waals surface area contributed by atoms with Gasteiger partial charge < -0.3 is 9.47 Å². The van der Waals surface area contributed by atoms with E-state index in [0.29, 0.717) is 25.6 Å². The number of fused-ring (bicyclic) bond motifs is 1. The van der Waals surface area contributed by atoms with Gasteiger partial charge >= 0.3 is 0 Å². The van der Waals surface area contributed by atoms with Crippen molar-refractivity contribution in [3.8, 4) is 0 Å². The van der Waals surface area contributed by atoms with Crippen molar-refractivity contribution in [3.63, 3.8) is 0 Å². The van der Waals surface area contributed by atoms with Crippen LogP contribution in [0.2, 0.25) is 0 Å². The third kappa shape index (κ3) is 3.58. The Morgan fingerprint density at radius 2 is 2.04 bits per heavy atom. The van der Waals surface area contributed by atoms with Crippen LogP contribution in [0.5, 0.6) is 0 Å². The monoisotopic (exact) mass is 346 g/mol. The van der Waals surface area contributed by atoms with Crippen LogP contribution in [0.3, 0.4) is 0 Å². The zero-order chi connectivity index (χ0) is 16.5. The molecule has 0 spiro atoms. The van der Waals surface area contributed by atoms with E-state index in [0.717, 1.165) is 32.5 Å². The number of nitrogens with zero attached hydrogens (tertiary/aromatic N) is 2. The molecular formula is C16H30N2O4S. The van der Waals surface area contributed by atoms with Crippen molar-refractivity contribution in [2.24, 2.45) is 11.3 Å². The molecule has 0 N–H and O–H groups in total. The lowest BCUT2D eigenvalue weighted by atomic mass is 9.73. The van der Waals surface area contributed by atoms with Crippen molar-refractivity contribution in [1.82, 2.24) is 8.61 Å². The first-order chi connectivity index (χ1) is 10.9. The summed E-state index contributed by atoms with van der Waals surface area (Å²) in [5, 5.41) is 0. The van der Waals surface area contributed by atoms with Gasteiger partial charge in [-0.3, -0.25) is 0 Å². The molecule has 2 saturated heterocycles. The fraction of sp³-hybridized carbons (Fsp3) is 1.00. The van der Waals surface area contributed by atoms with Gasteiger partial charge in [-0.2, -0.15) is 17.0 Å². The van der Waals surface area contributed by atoms with Crippen LogP contribution in [-0.4, -0.2) is 70.1 Å². The predicted molar refractivity (Wildman–Crippen MR) is 88.4 cm³/mol. The molecule has 134 valence electrons. The van der Waals surface area contributed by atoms with Gasteiger partial charge in [0.1, 0.15) is 0 Å². The normalized spacial score (nSPS) is 33.4. The zero-order valence-corrected chi connectivity index (χ0v) is 15.2. The van der Waals surface area contributed by atoms with Gasteiger partial charge in [0.2, 0.25) is 0 Å². The Labute approximate surface area is 140 Å². The average Bonchev–Trinajstić information content (AvgIpc) is 2.49. The first kappa shape index (κ1) is 17.6. The second-order valence-corrected chi connectivity index (χ2v) is 9.69. The van der Waals surface area contributed by atoms with E-state index in [1.165, 1.54) is 23.6 Å². The summed E-state index contributed by atoms with van der Waals surface area (Å²) in [6, 6.07) is 0. The second-order valence-electron chi connectivity index (χ2n) is 7.55. The van der Waals surface area contributed by atoms with Crippen molar-refractivity contribution < 1.29 is 17.9 Å². The second kappa shape index (κ2) is 6.96. The van der Waals surface area contributed by atoms with Crippen molar-refractivity contribution >= 4 is 10.2 Å². The van der Waals surface area contributed by atoms with Crippen LogP contribution in [-0.2, 0) is 19.7 Å². The molecule has 0 radical (unpaired) electrons. The van der Waals surface area contributed by atoms with Crippen LogP contribution in [0.25, 0.3) is 0 Å². The number of ether oxygens (including phenoxy) is 2. The third-order valence-electron chi connectivity index (χ3n) is 5.71. The smallest absolute Gasteiger partial charge is 0.281 e. The van der Waals surface area contributed by atoms with Crippen molar-refractivity contribution in [2.45, 2.75) is 44.6 Å². The third-order valence-corrected chi connectivity index (χ3v) is 7.60. The fourth-order valence-electron chi connectivity index (χ4n) is 3.98. The molecule has 2 heterocycles. The topological polar surface area (TPSA) is 59.1 Å². The van der Waals surface area contributed by atoms with Crippen LogP contribution in [0.1, 0.15) is 38.5 Å². The summed E-state index contributed by atoms with van der Waals surface area (Å²) in [7, 11) is -0.176. The van der Waals surface area contributed by atoms with E-state index in [1.807, 2.05) is 0 Å². The summed E-state index contributed by atoms with van der Waals surface area (Å²) in [6.45, 7) is 3.27. The number of piperidine rings is 1. The van der Waals surface area contributed by atoms with Gasteiger partial charge in [0.25, 0.3) is 10.2 Å². The van der Waals surface area contributed by atoms with E-state index in [1.54, 1.807) is 18.4 Å². The Balaban J connectivity index is 1.68. The highest BCUT2D eigenvalue weighted by atomic mass is 32.2. The van der Waals surface area contributed by atoms with Gasteiger partial charge in [0.05, 0.1) is 12.7 Å². The maximum atomic E-state index is 12.5. The first-order valence-electron chi connectivity index (χ1n) is 8.81. The van der Waals surface area contributed by atoms with Crippen molar-refractivity contribution in [3.05, 3.63) is 0 Å². The van der Waals surface area contributed by atoms with E-state index in [4.69, 9.17) is 9.47 Å². The van der Waals surface area contributed by atoms with Gasteiger partial charge in [0.15, 0.2) is 0 Å². The van der Waals surface area contributed by atoms with Crippen LogP contribution in [0.4, 0.5) is 0 Å². The lowest BCUT2D eigenvalue weighted by molar-refractivity contribution is -0.146. The molecule has 0 aromatic carbocycles. The molecule has 23 heavy (non-hydrogen) atoms. The van der Waals surface area contributed by atoms with Gasteiger partial charge in [-0.05, 0) is 38.0 Å². The molecule has 0 unspecified atom stereocenters. The molecule has 1 aliphatic carbocycles. The molecule has 3 aliphatic rings. The minimum Gasteiger partial charge on any atom is -0.380 e. The SMILES string of the molecule is CN(C)S(=O)(=O)N1CC[C@H]2OCCC[C@@]2(COCC2CCC2)C1. The molecule has 3 fully saturated rings. The molecule has 2 atom stereocenters. The first-order valence-corrected chi connectivity index (χ1v) is 10.2. The summed E-state index contributed by atoms with van der Waals surface area (Å²) < 4.78 is 40.0. The standard InChI is InChI=1S/C16H30N2O4S/c1-17(2)23(19,20)18-9-7-15-16(12-18,8-4-10-22-15)13-21-11-14-5-3-6-14/h14-15H,3-13H2,1-2H3/t15-,16+/m1/s1. The van der Waals surface area contributed by atoms with Gasteiger partial charge in [-0.25, -0.2) is 0 Å². The molecule has 2 aliphatic heterocycles. The molecule has 0 bridgehead atoms. The van der Waals surface area contributed by atoms with E-state index >= 15 is 0 Å². The zero-order valence-electron chi connectivity index (χ0n) is 14.4. The number of hydrogen-bond acceptors (Lipinski definition) is 4. The summed E-state index contributed by atoms with van der Waals surface area (Å²) in [5.41, 5.74) is -0.177. The summed E-state index contributed by atoms with van der Waals surface area (Å²) in [6.07, 6.45) is 6.73. The molecule has 0 aromatic rings. The Morgan fingerprint density at radius 1 is 1.26 bits per heavy atom. The predicted octanol–water partition coefficient (Wildman–Crippen LogP) is 1.48. The molecule has 0 amide bonds. The molecular weight excluding hydrogens is 316 g/mol. The minimum atomic E-state index is -3.37. The highest BCUT2D eigenvalue weighted by molar-refractivity contribution is 7.86. The summed E-state index contributed by atoms with van der Waals surface area (Å²) in [4.78, 5) is 0. The van der Waals surface area contributed by atoms with Crippen molar-refractivity contribution in [1.29, 1.82) is 0 Å². The van der Waals surface area contributed by atoms with Gasteiger partial charge in [-0.1, -0.05) is 6.42 Å². The Kier molecular flexibility index (Phi) is 5.33.